The van der Waals surface area contributed by atoms with Crippen LogP contribution in [0.2, 0.25) is 0 Å². The molecule has 88 valence electrons. The first-order chi connectivity index (χ1) is 8.79. The third kappa shape index (κ3) is 1.75. The molecule has 2 heterocycles. The van der Waals surface area contributed by atoms with E-state index in [0.29, 0.717) is 5.56 Å². The highest BCUT2D eigenvalue weighted by molar-refractivity contribution is 9.10. The molecule has 0 bridgehead atoms. The van der Waals surface area contributed by atoms with Crippen LogP contribution < -0.4 is 0 Å². The Bertz CT molecular complexity index is 719. The summed E-state index contributed by atoms with van der Waals surface area (Å²) < 4.78 is 0.957. The Morgan fingerprint density at radius 1 is 1.17 bits per heavy atom. The van der Waals surface area contributed by atoms with E-state index in [1.54, 1.807) is 12.4 Å². The predicted molar refractivity (Wildman–Crippen MR) is 74.6 cm³/mol. The van der Waals surface area contributed by atoms with Crippen molar-refractivity contribution < 1.29 is 4.79 Å². The smallest absolute Gasteiger partial charge is 0.152 e. The maximum absolute atomic E-state index is 11.3. The first-order valence-corrected chi connectivity index (χ1v) is 6.25. The molecule has 0 aliphatic rings. The van der Waals surface area contributed by atoms with Crippen LogP contribution in [0.1, 0.15) is 10.4 Å². The molecule has 0 unspecified atom stereocenters. The second-order valence-corrected chi connectivity index (χ2v) is 4.87. The zero-order chi connectivity index (χ0) is 12.5. The van der Waals surface area contributed by atoms with Crippen LogP contribution in [0.5, 0.6) is 0 Å². The molecule has 0 aliphatic carbocycles. The zero-order valence-electron chi connectivity index (χ0n) is 9.35. The Kier molecular flexibility index (Phi) is 2.72. The Labute approximate surface area is 112 Å². The largest absolute Gasteiger partial charge is 0.354 e. The summed E-state index contributed by atoms with van der Waals surface area (Å²) >= 11 is 3.42. The standard InChI is InChI=1S/C14H9BrN2O/c15-10-1-2-13-11(7-10)12(8-18)14(17-13)9-3-5-16-6-4-9/h1-8,17H. The molecule has 0 saturated carbocycles. The number of pyridine rings is 1. The Balaban J connectivity index is 2.33. The predicted octanol–water partition coefficient (Wildman–Crippen LogP) is 3.80. The molecule has 0 aliphatic heterocycles. The van der Waals surface area contributed by atoms with Crippen molar-refractivity contribution in [2.75, 3.05) is 0 Å². The van der Waals surface area contributed by atoms with Crippen molar-refractivity contribution in [2.24, 2.45) is 0 Å². The fourth-order valence-electron chi connectivity index (χ4n) is 2.05. The van der Waals surface area contributed by atoms with E-state index in [-0.39, 0.29) is 0 Å². The van der Waals surface area contributed by atoms with Crippen LogP contribution in [0.25, 0.3) is 22.2 Å². The van der Waals surface area contributed by atoms with Gasteiger partial charge in [-0.25, -0.2) is 0 Å². The van der Waals surface area contributed by atoms with Crippen molar-refractivity contribution >= 4 is 33.1 Å². The zero-order valence-corrected chi connectivity index (χ0v) is 10.9. The van der Waals surface area contributed by atoms with Crippen molar-refractivity contribution in [1.82, 2.24) is 9.97 Å². The fourth-order valence-corrected chi connectivity index (χ4v) is 2.41. The SMILES string of the molecule is O=Cc1c(-c2ccncc2)[nH]c2ccc(Br)cc12. The summed E-state index contributed by atoms with van der Waals surface area (Å²) in [4.78, 5) is 18.6. The quantitative estimate of drug-likeness (QED) is 0.732. The third-order valence-corrected chi connectivity index (χ3v) is 3.38. The van der Waals surface area contributed by atoms with Gasteiger partial charge < -0.3 is 4.98 Å². The Hall–Kier alpha value is -1.94. The minimum absolute atomic E-state index is 0.678. The van der Waals surface area contributed by atoms with Gasteiger partial charge >= 0.3 is 0 Å². The molecule has 0 amide bonds. The summed E-state index contributed by atoms with van der Waals surface area (Å²) in [5.74, 6) is 0. The molecule has 0 saturated heterocycles. The first-order valence-electron chi connectivity index (χ1n) is 5.46. The molecule has 3 nitrogen and oxygen atoms in total. The number of hydrogen-bond acceptors (Lipinski definition) is 2. The maximum atomic E-state index is 11.3. The van der Waals surface area contributed by atoms with E-state index < -0.39 is 0 Å². The molecule has 3 aromatic rings. The van der Waals surface area contributed by atoms with Crippen LogP contribution in [-0.2, 0) is 0 Å². The van der Waals surface area contributed by atoms with E-state index in [0.717, 1.165) is 32.9 Å². The van der Waals surface area contributed by atoms with Gasteiger partial charge in [0, 0.05) is 38.9 Å². The van der Waals surface area contributed by atoms with Crippen LogP contribution in [0.4, 0.5) is 0 Å². The molecule has 1 N–H and O–H groups in total. The van der Waals surface area contributed by atoms with Gasteiger partial charge in [-0.3, -0.25) is 9.78 Å². The van der Waals surface area contributed by atoms with Gasteiger partial charge in [0.15, 0.2) is 6.29 Å². The van der Waals surface area contributed by atoms with Crippen molar-refractivity contribution in [3.05, 3.63) is 52.8 Å². The highest BCUT2D eigenvalue weighted by atomic mass is 79.9. The number of aldehydes is 1. The summed E-state index contributed by atoms with van der Waals surface area (Å²) in [5, 5.41) is 0.922. The molecular formula is C14H9BrN2O. The lowest BCUT2D eigenvalue weighted by molar-refractivity contribution is 0.112. The summed E-state index contributed by atoms with van der Waals surface area (Å²) in [5.41, 5.74) is 3.42. The van der Waals surface area contributed by atoms with Crippen molar-refractivity contribution in [1.29, 1.82) is 0 Å². The van der Waals surface area contributed by atoms with E-state index in [2.05, 4.69) is 25.9 Å². The Morgan fingerprint density at radius 2 is 1.94 bits per heavy atom. The lowest BCUT2D eigenvalue weighted by Crippen LogP contribution is -1.84. The lowest BCUT2D eigenvalue weighted by atomic mass is 10.1. The Morgan fingerprint density at radius 3 is 2.67 bits per heavy atom. The number of hydrogen-bond donors (Lipinski definition) is 1. The lowest BCUT2D eigenvalue weighted by Gasteiger charge is -1.98. The number of H-pyrrole nitrogens is 1. The van der Waals surface area contributed by atoms with Gasteiger partial charge in [0.25, 0.3) is 0 Å². The summed E-state index contributed by atoms with van der Waals surface area (Å²) in [6, 6.07) is 9.61. The number of aromatic amines is 1. The van der Waals surface area contributed by atoms with E-state index in [4.69, 9.17) is 0 Å². The number of rotatable bonds is 2. The topological polar surface area (TPSA) is 45.8 Å². The van der Waals surface area contributed by atoms with Gasteiger partial charge in [0.2, 0.25) is 0 Å². The van der Waals surface area contributed by atoms with E-state index in [1.807, 2.05) is 30.3 Å². The van der Waals surface area contributed by atoms with Gasteiger partial charge in [0.05, 0.1) is 5.69 Å². The molecule has 0 fully saturated rings. The molecule has 4 heteroatoms. The summed E-state index contributed by atoms with van der Waals surface area (Å²) in [6.07, 6.45) is 4.32. The monoisotopic (exact) mass is 300 g/mol. The minimum Gasteiger partial charge on any atom is -0.354 e. The van der Waals surface area contributed by atoms with Crippen LogP contribution in [0, 0.1) is 0 Å². The average molecular weight is 301 g/mol. The molecule has 1 aromatic carbocycles. The van der Waals surface area contributed by atoms with Crippen LogP contribution in [0.15, 0.2) is 47.2 Å². The number of fused-ring (bicyclic) bond motifs is 1. The van der Waals surface area contributed by atoms with E-state index in [9.17, 15) is 4.79 Å². The van der Waals surface area contributed by atoms with Crippen molar-refractivity contribution in [2.45, 2.75) is 0 Å². The van der Waals surface area contributed by atoms with Crippen LogP contribution >= 0.6 is 15.9 Å². The number of halogens is 1. The summed E-state index contributed by atoms with van der Waals surface area (Å²) in [7, 11) is 0. The molecule has 18 heavy (non-hydrogen) atoms. The van der Waals surface area contributed by atoms with Gasteiger partial charge in [-0.1, -0.05) is 15.9 Å². The highest BCUT2D eigenvalue weighted by Gasteiger charge is 2.12. The van der Waals surface area contributed by atoms with E-state index >= 15 is 0 Å². The second kappa shape index (κ2) is 4.38. The van der Waals surface area contributed by atoms with E-state index in [1.165, 1.54) is 0 Å². The number of carbonyl (C=O) groups is 1. The van der Waals surface area contributed by atoms with Crippen LogP contribution in [0.3, 0.4) is 0 Å². The number of nitrogens with zero attached hydrogens (tertiary/aromatic N) is 1. The van der Waals surface area contributed by atoms with Crippen molar-refractivity contribution in [3.63, 3.8) is 0 Å². The first kappa shape index (κ1) is 11.2. The number of benzene rings is 1. The third-order valence-electron chi connectivity index (χ3n) is 2.89. The molecule has 2 aromatic heterocycles. The maximum Gasteiger partial charge on any atom is 0.152 e. The van der Waals surface area contributed by atoms with Gasteiger partial charge in [0.1, 0.15) is 0 Å². The number of carbonyl (C=O) groups excluding carboxylic acids is 1. The van der Waals surface area contributed by atoms with Crippen LogP contribution in [-0.4, -0.2) is 16.3 Å². The summed E-state index contributed by atoms with van der Waals surface area (Å²) in [6.45, 7) is 0. The molecule has 0 radical (unpaired) electrons. The molecule has 3 rings (SSSR count). The highest BCUT2D eigenvalue weighted by Crippen LogP contribution is 2.30. The molecular weight excluding hydrogens is 292 g/mol. The number of nitrogens with one attached hydrogen (secondary N) is 1. The normalized spacial score (nSPS) is 10.7. The van der Waals surface area contributed by atoms with Gasteiger partial charge in [-0.15, -0.1) is 0 Å². The van der Waals surface area contributed by atoms with Crippen molar-refractivity contribution in [3.8, 4) is 11.3 Å². The average Bonchev–Trinajstić information content (AvgIpc) is 2.77. The van der Waals surface area contributed by atoms with Gasteiger partial charge in [-0.05, 0) is 30.3 Å². The molecule has 0 spiro atoms. The minimum atomic E-state index is 0.678. The van der Waals surface area contributed by atoms with Gasteiger partial charge in [-0.2, -0.15) is 0 Å². The fraction of sp³-hybridized carbons (Fsp3) is 0. The second-order valence-electron chi connectivity index (χ2n) is 3.96. The number of aromatic nitrogens is 2. The molecule has 0 atom stereocenters.